The monoisotopic (exact) mass is 233 g/mol. The van der Waals surface area contributed by atoms with Crippen molar-refractivity contribution in [2.45, 2.75) is 32.9 Å². The van der Waals surface area contributed by atoms with E-state index in [-0.39, 0.29) is 12.5 Å². The minimum atomic E-state index is -1.11. The van der Waals surface area contributed by atoms with Crippen molar-refractivity contribution >= 4 is 12.1 Å². The Kier molecular flexibility index (Phi) is 6.48. The van der Waals surface area contributed by atoms with E-state index in [0.717, 1.165) is 0 Å². The summed E-state index contributed by atoms with van der Waals surface area (Å²) < 4.78 is 9.24. The van der Waals surface area contributed by atoms with Crippen LogP contribution in [0.1, 0.15) is 20.8 Å². The Labute approximate surface area is 94.9 Å². The SMILES string of the molecule is COC(=O)C(NC(=O)OCC(C)C)[C@H](C)O. The average molecular weight is 233 g/mol. The van der Waals surface area contributed by atoms with Gasteiger partial charge >= 0.3 is 12.1 Å². The van der Waals surface area contributed by atoms with Gasteiger partial charge in [-0.05, 0) is 12.8 Å². The number of aliphatic hydroxyl groups is 1. The summed E-state index contributed by atoms with van der Waals surface area (Å²) in [6.07, 6.45) is -1.79. The highest BCUT2D eigenvalue weighted by atomic mass is 16.6. The van der Waals surface area contributed by atoms with Crippen molar-refractivity contribution in [2.24, 2.45) is 5.92 Å². The van der Waals surface area contributed by atoms with Gasteiger partial charge in [-0.2, -0.15) is 0 Å². The van der Waals surface area contributed by atoms with Crippen LogP contribution in [0.15, 0.2) is 0 Å². The predicted molar refractivity (Wildman–Crippen MR) is 56.8 cm³/mol. The van der Waals surface area contributed by atoms with Gasteiger partial charge in [0.15, 0.2) is 6.04 Å². The molecule has 2 atom stereocenters. The number of hydrogen-bond donors (Lipinski definition) is 2. The second-order valence-corrected chi connectivity index (χ2v) is 3.88. The third kappa shape index (κ3) is 5.55. The summed E-state index contributed by atoms with van der Waals surface area (Å²) in [5.41, 5.74) is 0. The standard InChI is InChI=1S/C10H19NO5/c1-6(2)5-16-10(14)11-8(7(3)12)9(13)15-4/h6-8,12H,5H2,1-4H3,(H,11,14)/t7-,8?/m0/s1. The second-order valence-electron chi connectivity index (χ2n) is 3.88. The van der Waals surface area contributed by atoms with E-state index in [4.69, 9.17) is 4.74 Å². The maximum absolute atomic E-state index is 11.2. The summed E-state index contributed by atoms with van der Waals surface area (Å²) in [7, 11) is 1.18. The van der Waals surface area contributed by atoms with E-state index in [1.54, 1.807) is 0 Å². The number of methoxy groups -OCH3 is 1. The van der Waals surface area contributed by atoms with Gasteiger partial charge < -0.3 is 19.9 Å². The Hall–Kier alpha value is -1.30. The zero-order valence-corrected chi connectivity index (χ0v) is 10.0. The molecule has 0 fully saturated rings. The van der Waals surface area contributed by atoms with E-state index >= 15 is 0 Å². The second kappa shape index (κ2) is 7.05. The van der Waals surface area contributed by atoms with Crippen molar-refractivity contribution in [3.05, 3.63) is 0 Å². The predicted octanol–water partition coefficient (Wildman–Crippen LogP) is 0.291. The van der Waals surface area contributed by atoms with Crippen LogP contribution in [0.3, 0.4) is 0 Å². The number of esters is 1. The van der Waals surface area contributed by atoms with Gasteiger partial charge in [0.25, 0.3) is 0 Å². The molecule has 0 aliphatic carbocycles. The summed E-state index contributed by atoms with van der Waals surface area (Å²) in [5.74, 6) is -0.509. The quantitative estimate of drug-likeness (QED) is 0.667. The maximum Gasteiger partial charge on any atom is 0.407 e. The first-order valence-electron chi connectivity index (χ1n) is 5.07. The zero-order chi connectivity index (χ0) is 12.7. The van der Waals surface area contributed by atoms with Crippen molar-refractivity contribution in [1.82, 2.24) is 5.32 Å². The van der Waals surface area contributed by atoms with Crippen LogP contribution in [-0.4, -0.2) is 43.0 Å². The highest BCUT2D eigenvalue weighted by molar-refractivity contribution is 5.81. The van der Waals surface area contributed by atoms with Crippen LogP contribution >= 0.6 is 0 Å². The lowest BCUT2D eigenvalue weighted by molar-refractivity contribution is -0.145. The lowest BCUT2D eigenvalue weighted by atomic mass is 10.2. The lowest BCUT2D eigenvalue weighted by Gasteiger charge is -2.18. The van der Waals surface area contributed by atoms with Crippen molar-refractivity contribution in [2.75, 3.05) is 13.7 Å². The topological polar surface area (TPSA) is 84.9 Å². The first-order chi connectivity index (χ1) is 7.38. The summed E-state index contributed by atoms with van der Waals surface area (Å²) in [6, 6.07) is -1.11. The molecule has 2 N–H and O–H groups in total. The van der Waals surface area contributed by atoms with Crippen molar-refractivity contribution in [3.8, 4) is 0 Å². The summed E-state index contributed by atoms with van der Waals surface area (Å²) in [6.45, 7) is 5.41. The largest absolute Gasteiger partial charge is 0.467 e. The number of nitrogens with one attached hydrogen (secondary N) is 1. The number of alkyl carbamates (subject to hydrolysis) is 1. The van der Waals surface area contributed by atoms with E-state index in [1.165, 1.54) is 14.0 Å². The molecule has 0 aromatic rings. The molecule has 0 bridgehead atoms. The van der Waals surface area contributed by atoms with Gasteiger partial charge in [0.2, 0.25) is 0 Å². The highest BCUT2D eigenvalue weighted by Crippen LogP contribution is 1.98. The van der Waals surface area contributed by atoms with Gasteiger partial charge in [0.1, 0.15) is 0 Å². The van der Waals surface area contributed by atoms with E-state index < -0.39 is 24.2 Å². The number of carbonyl (C=O) groups is 2. The fourth-order valence-electron chi connectivity index (χ4n) is 0.914. The van der Waals surface area contributed by atoms with Crippen LogP contribution in [0.5, 0.6) is 0 Å². The molecule has 0 saturated carbocycles. The molecule has 0 saturated heterocycles. The number of rotatable bonds is 5. The number of amides is 1. The van der Waals surface area contributed by atoms with Gasteiger partial charge in [-0.25, -0.2) is 9.59 Å². The Bertz CT molecular complexity index is 239. The number of hydrogen-bond acceptors (Lipinski definition) is 5. The van der Waals surface area contributed by atoms with Crippen molar-refractivity contribution in [1.29, 1.82) is 0 Å². The molecule has 0 aromatic carbocycles. The van der Waals surface area contributed by atoms with E-state index in [9.17, 15) is 14.7 Å². The molecule has 0 heterocycles. The Morgan fingerprint density at radius 2 is 1.88 bits per heavy atom. The van der Waals surface area contributed by atoms with Crippen LogP contribution in [0.2, 0.25) is 0 Å². The number of ether oxygens (including phenoxy) is 2. The van der Waals surface area contributed by atoms with Crippen LogP contribution < -0.4 is 5.32 Å². The van der Waals surface area contributed by atoms with Crippen molar-refractivity contribution in [3.63, 3.8) is 0 Å². The van der Waals surface area contributed by atoms with Crippen LogP contribution in [-0.2, 0) is 14.3 Å². The number of carbonyl (C=O) groups excluding carboxylic acids is 2. The van der Waals surface area contributed by atoms with Gasteiger partial charge in [0, 0.05) is 0 Å². The molecule has 0 rings (SSSR count). The fraction of sp³-hybridized carbons (Fsp3) is 0.800. The summed E-state index contributed by atoms with van der Waals surface area (Å²) in [4.78, 5) is 22.4. The van der Waals surface area contributed by atoms with Crippen LogP contribution in [0.4, 0.5) is 4.79 Å². The fourth-order valence-corrected chi connectivity index (χ4v) is 0.914. The molecular formula is C10H19NO5. The first kappa shape index (κ1) is 14.7. The highest BCUT2D eigenvalue weighted by Gasteiger charge is 2.26. The van der Waals surface area contributed by atoms with E-state index in [2.05, 4.69) is 10.1 Å². The Morgan fingerprint density at radius 3 is 2.25 bits per heavy atom. The minimum Gasteiger partial charge on any atom is -0.467 e. The maximum atomic E-state index is 11.2. The molecule has 94 valence electrons. The summed E-state index contributed by atoms with van der Waals surface area (Å²) >= 11 is 0. The molecule has 6 nitrogen and oxygen atoms in total. The lowest BCUT2D eigenvalue weighted by Crippen LogP contribution is -2.48. The molecule has 1 amide bonds. The molecule has 6 heteroatoms. The molecule has 0 radical (unpaired) electrons. The van der Waals surface area contributed by atoms with Crippen LogP contribution in [0.25, 0.3) is 0 Å². The third-order valence-electron chi connectivity index (χ3n) is 1.76. The molecule has 0 spiro atoms. The number of aliphatic hydroxyl groups excluding tert-OH is 1. The van der Waals surface area contributed by atoms with Crippen molar-refractivity contribution < 1.29 is 24.2 Å². The third-order valence-corrected chi connectivity index (χ3v) is 1.76. The average Bonchev–Trinajstić information content (AvgIpc) is 2.21. The Balaban J connectivity index is 4.19. The van der Waals surface area contributed by atoms with Gasteiger partial charge in [0.05, 0.1) is 19.8 Å². The van der Waals surface area contributed by atoms with Gasteiger partial charge in [-0.3, -0.25) is 0 Å². The summed E-state index contributed by atoms with van der Waals surface area (Å²) in [5, 5.41) is 11.5. The molecule has 0 aliphatic rings. The van der Waals surface area contributed by atoms with E-state index in [0.29, 0.717) is 0 Å². The van der Waals surface area contributed by atoms with Gasteiger partial charge in [-0.15, -0.1) is 0 Å². The first-order valence-corrected chi connectivity index (χ1v) is 5.07. The van der Waals surface area contributed by atoms with Crippen LogP contribution in [0, 0.1) is 5.92 Å². The zero-order valence-electron chi connectivity index (χ0n) is 10.0. The molecule has 0 aromatic heterocycles. The normalized spacial score (nSPS) is 14.1. The molecule has 16 heavy (non-hydrogen) atoms. The van der Waals surface area contributed by atoms with Gasteiger partial charge in [-0.1, -0.05) is 13.8 Å². The Morgan fingerprint density at radius 1 is 1.31 bits per heavy atom. The van der Waals surface area contributed by atoms with E-state index in [1.807, 2.05) is 13.8 Å². The smallest absolute Gasteiger partial charge is 0.407 e. The molecular weight excluding hydrogens is 214 g/mol. The molecule has 0 aliphatic heterocycles. The molecule has 1 unspecified atom stereocenters. The minimum absolute atomic E-state index is 0.203.